The van der Waals surface area contributed by atoms with Gasteiger partial charge in [0.25, 0.3) is 0 Å². The quantitative estimate of drug-likeness (QED) is 0.705. The van der Waals surface area contributed by atoms with Gasteiger partial charge in [-0.15, -0.1) is 0 Å². The van der Waals surface area contributed by atoms with Crippen LogP contribution < -0.4 is 0 Å². The van der Waals surface area contributed by atoms with Gasteiger partial charge in [0, 0.05) is 0 Å². The van der Waals surface area contributed by atoms with Crippen molar-refractivity contribution in [1.82, 2.24) is 0 Å². The Morgan fingerprint density at radius 2 is 1.14 bits per heavy atom. The van der Waals surface area contributed by atoms with E-state index in [9.17, 15) is 9.59 Å². The fraction of sp³-hybridized carbons (Fsp3) is 0.867. The number of carbonyl (C=O) groups is 2. The standard InChI is InChI=1S/C15H30N2O4/c1-16(2,3)14(18)20-9-7-12-11-13(12)8-10-21-15(19)17(4,5)6/h12-13H,7-11H2,1-6H3/q+2/t12-,13+. The van der Waals surface area contributed by atoms with Crippen LogP contribution in [0.2, 0.25) is 0 Å². The summed E-state index contributed by atoms with van der Waals surface area (Å²) in [5.41, 5.74) is 0. The number of ether oxygens (including phenoxy) is 2. The first-order chi connectivity index (χ1) is 9.51. The zero-order valence-electron chi connectivity index (χ0n) is 14.2. The van der Waals surface area contributed by atoms with Gasteiger partial charge in [-0.25, -0.2) is 8.97 Å². The van der Waals surface area contributed by atoms with E-state index in [1.54, 1.807) is 42.3 Å². The van der Waals surface area contributed by atoms with Gasteiger partial charge in [-0.2, -0.15) is 9.59 Å². The van der Waals surface area contributed by atoms with Crippen LogP contribution in [0.25, 0.3) is 0 Å². The fourth-order valence-electron chi connectivity index (χ4n) is 2.00. The summed E-state index contributed by atoms with van der Waals surface area (Å²) in [6.07, 6.45) is 2.54. The highest BCUT2D eigenvalue weighted by Crippen LogP contribution is 2.43. The maximum atomic E-state index is 11.6. The molecule has 1 rings (SSSR count). The molecule has 2 atom stereocenters. The molecule has 0 bridgehead atoms. The average molecular weight is 302 g/mol. The summed E-state index contributed by atoms with van der Waals surface area (Å²) in [7, 11) is 10.8. The van der Waals surface area contributed by atoms with Crippen LogP contribution in [-0.4, -0.2) is 76.7 Å². The summed E-state index contributed by atoms with van der Waals surface area (Å²) in [5, 5.41) is 0. The molecule has 0 unspecified atom stereocenters. The number of hydrogen-bond acceptors (Lipinski definition) is 4. The molecule has 21 heavy (non-hydrogen) atoms. The molecule has 0 spiro atoms. The normalized spacial score (nSPS) is 21.8. The Labute approximate surface area is 127 Å². The number of amides is 2. The molecule has 1 aliphatic rings. The molecule has 0 saturated heterocycles. The second-order valence-corrected chi connectivity index (χ2v) is 7.59. The van der Waals surface area contributed by atoms with Crippen molar-refractivity contribution in [3.63, 3.8) is 0 Å². The number of rotatable bonds is 6. The van der Waals surface area contributed by atoms with E-state index in [1.165, 1.54) is 0 Å². The van der Waals surface area contributed by atoms with Gasteiger partial charge in [-0.1, -0.05) is 0 Å². The lowest BCUT2D eigenvalue weighted by molar-refractivity contribution is -0.795. The van der Waals surface area contributed by atoms with Crippen LogP contribution in [0, 0.1) is 11.8 Å². The van der Waals surface area contributed by atoms with E-state index in [1.807, 2.05) is 0 Å². The van der Waals surface area contributed by atoms with E-state index in [2.05, 4.69) is 0 Å². The first-order valence-corrected chi connectivity index (χ1v) is 7.49. The molecular formula is C15H30N2O4+2. The SMILES string of the molecule is C[N+](C)(C)C(=O)OCC[C@@H]1C[C@@H]1CCOC(=O)[N+](C)(C)C. The molecule has 1 aliphatic carbocycles. The largest absolute Gasteiger partial charge is 0.515 e. The molecule has 0 aliphatic heterocycles. The zero-order valence-corrected chi connectivity index (χ0v) is 14.2. The third-order valence-corrected chi connectivity index (χ3v) is 3.59. The number of quaternary nitrogens is 2. The Morgan fingerprint density at radius 3 is 1.43 bits per heavy atom. The molecule has 6 nitrogen and oxygen atoms in total. The molecule has 2 amide bonds. The minimum absolute atomic E-state index is 0.190. The van der Waals surface area contributed by atoms with Gasteiger partial charge in [-0.3, -0.25) is 0 Å². The lowest BCUT2D eigenvalue weighted by Gasteiger charge is -2.19. The Balaban J connectivity index is 2.08. The molecule has 1 saturated carbocycles. The van der Waals surface area contributed by atoms with Crippen LogP contribution in [0.1, 0.15) is 19.3 Å². The molecule has 1 fully saturated rings. The van der Waals surface area contributed by atoms with Gasteiger partial charge in [-0.05, 0) is 31.1 Å². The molecule has 0 heterocycles. The summed E-state index contributed by atoms with van der Waals surface area (Å²) in [6.45, 7) is 0.961. The lowest BCUT2D eigenvalue weighted by Crippen LogP contribution is -2.41. The molecule has 6 heteroatoms. The van der Waals surface area contributed by atoms with Crippen LogP contribution >= 0.6 is 0 Å². The zero-order chi connectivity index (χ0) is 16.3. The summed E-state index contributed by atoms with van der Waals surface area (Å²) >= 11 is 0. The van der Waals surface area contributed by atoms with E-state index in [4.69, 9.17) is 9.47 Å². The topological polar surface area (TPSA) is 52.6 Å². The Kier molecular flexibility index (Phi) is 5.75. The van der Waals surface area contributed by atoms with Crippen molar-refractivity contribution >= 4 is 12.2 Å². The predicted octanol–water partition coefficient (Wildman–Crippen LogP) is 2.09. The van der Waals surface area contributed by atoms with Crippen LogP contribution in [0.4, 0.5) is 9.59 Å². The van der Waals surface area contributed by atoms with Crippen molar-refractivity contribution in [2.45, 2.75) is 19.3 Å². The van der Waals surface area contributed by atoms with E-state index in [-0.39, 0.29) is 21.2 Å². The minimum atomic E-state index is -0.205. The van der Waals surface area contributed by atoms with Gasteiger partial charge in [0.2, 0.25) is 0 Å². The monoisotopic (exact) mass is 302 g/mol. The molecule has 122 valence electrons. The molecule has 0 radical (unpaired) electrons. The van der Waals surface area contributed by atoms with Gasteiger partial charge < -0.3 is 9.47 Å². The highest BCUT2D eigenvalue weighted by atomic mass is 16.6. The number of hydrogen-bond donors (Lipinski definition) is 0. The van der Waals surface area contributed by atoms with E-state index in [0.717, 1.165) is 19.3 Å². The highest BCUT2D eigenvalue weighted by molar-refractivity contribution is 5.59. The first kappa shape index (κ1) is 17.9. The van der Waals surface area contributed by atoms with Crippen molar-refractivity contribution in [2.75, 3.05) is 55.5 Å². The average Bonchev–Trinajstić information content (AvgIpc) is 3.05. The van der Waals surface area contributed by atoms with E-state index >= 15 is 0 Å². The van der Waals surface area contributed by atoms with Crippen LogP contribution in [-0.2, 0) is 9.47 Å². The summed E-state index contributed by atoms with van der Waals surface area (Å²) in [5.74, 6) is 1.21. The van der Waals surface area contributed by atoms with Crippen molar-refractivity contribution in [1.29, 1.82) is 0 Å². The second-order valence-electron chi connectivity index (χ2n) is 7.59. The fourth-order valence-corrected chi connectivity index (χ4v) is 2.00. The lowest BCUT2D eigenvalue weighted by atomic mass is 10.2. The Morgan fingerprint density at radius 1 is 0.810 bits per heavy atom. The third kappa shape index (κ3) is 6.44. The maximum Gasteiger partial charge on any atom is 0.515 e. The highest BCUT2D eigenvalue weighted by Gasteiger charge is 2.37. The van der Waals surface area contributed by atoms with Gasteiger partial charge in [0.15, 0.2) is 0 Å². The van der Waals surface area contributed by atoms with Crippen LogP contribution in [0.5, 0.6) is 0 Å². The van der Waals surface area contributed by atoms with Crippen molar-refractivity contribution < 1.29 is 28.0 Å². The molecule has 0 aromatic rings. The second kappa shape index (κ2) is 6.75. The van der Waals surface area contributed by atoms with Crippen molar-refractivity contribution in [3.8, 4) is 0 Å². The van der Waals surface area contributed by atoms with Crippen LogP contribution in [0.3, 0.4) is 0 Å². The Bertz CT molecular complexity index is 346. The number of carbonyl (C=O) groups excluding carboxylic acids is 2. The summed E-state index contributed by atoms with van der Waals surface area (Å²) in [6, 6.07) is 0. The van der Waals surface area contributed by atoms with Gasteiger partial charge in [0.1, 0.15) is 0 Å². The summed E-state index contributed by atoms with van der Waals surface area (Å²) < 4.78 is 10.9. The minimum Gasteiger partial charge on any atom is -0.420 e. The number of nitrogens with zero attached hydrogens (tertiary/aromatic N) is 2. The smallest absolute Gasteiger partial charge is 0.420 e. The van der Waals surface area contributed by atoms with E-state index in [0.29, 0.717) is 25.0 Å². The maximum absolute atomic E-state index is 11.6. The Hall–Kier alpha value is -1.14. The third-order valence-electron chi connectivity index (χ3n) is 3.59. The predicted molar refractivity (Wildman–Crippen MR) is 79.6 cm³/mol. The molecule has 0 N–H and O–H groups in total. The molecule has 0 aromatic carbocycles. The van der Waals surface area contributed by atoms with Crippen LogP contribution in [0.15, 0.2) is 0 Å². The first-order valence-electron chi connectivity index (χ1n) is 7.49. The van der Waals surface area contributed by atoms with Gasteiger partial charge in [0.05, 0.1) is 55.5 Å². The molecule has 0 aromatic heterocycles. The van der Waals surface area contributed by atoms with Crippen molar-refractivity contribution in [2.24, 2.45) is 11.8 Å². The van der Waals surface area contributed by atoms with Gasteiger partial charge >= 0.3 is 12.2 Å². The van der Waals surface area contributed by atoms with Crippen molar-refractivity contribution in [3.05, 3.63) is 0 Å². The molecular weight excluding hydrogens is 272 g/mol. The summed E-state index contributed by atoms with van der Waals surface area (Å²) in [4.78, 5) is 23.2. The van der Waals surface area contributed by atoms with E-state index < -0.39 is 0 Å².